The van der Waals surface area contributed by atoms with Gasteiger partial charge in [-0.05, 0) is 47.0 Å². The van der Waals surface area contributed by atoms with Crippen molar-refractivity contribution in [3.63, 3.8) is 0 Å². The van der Waals surface area contributed by atoms with E-state index >= 15 is 0 Å². The fraction of sp³-hybridized carbons (Fsp3) is 0.152. The lowest BCUT2D eigenvalue weighted by Crippen LogP contribution is -2.29. The van der Waals surface area contributed by atoms with E-state index in [9.17, 15) is 14.7 Å². The summed E-state index contributed by atoms with van der Waals surface area (Å²) in [6.45, 7) is 1.38. The third kappa shape index (κ3) is 5.01. The number of likely N-dealkylation sites (tertiary alicyclic amines) is 1. The first-order chi connectivity index (χ1) is 19.6. The van der Waals surface area contributed by atoms with Crippen LogP contribution < -0.4 is 14.2 Å². The predicted octanol–water partition coefficient (Wildman–Crippen LogP) is 5.66. The summed E-state index contributed by atoms with van der Waals surface area (Å²) in [6, 6.07) is 30.7. The number of carbonyl (C=O) groups is 2. The van der Waals surface area contributed by atoms with Gasteiger partial charge in [-0.3, -0.25) is 9.59 Å². The number of nitrogens with zero attached hydrogens (tertiary/aromatic N) is 1. The van der Waals surface area contributed by atoms with Crippen LogP contribution in [-0.2, 0) is 22.7 Å². The topological polar surface area (TPSA) is 85.3 Å². The van der Waals surface area contributed by atoms with Crippen molar-refractivity contribution in [1.29, 1.82) is 0 Å². The summed E-state index contributed by atoms with van der Waals surface area (Å²) < 4.78 is 17.3. The first kappa shape index (κ1) is 25.2. The van der Waals surface area contributed by atoms with Crippen LogP contribution in [0.5, 0.6) is 17.2 Å². The molecule has 0 saturated carbocycles. The molecular weight excluding hydrogens is 506 g/mol. The molecule has 4 aromatic carbocycles. The van der Waals surface area contributed by atoms with Gasteiger partial charge in [0, 0.05) is 12.1 Å². The SMILES string of the molecule is O=C1C(=O)N(Cc2ccccc2)[C@H](c2cccc(OCc3ccccc3)c2)C1=C(O)c1ccc2c(c1)OCCO2. The number of hydrogen-bond acceptors (Lipinski definition) is 6. The molecule has 40 heavy (non-hydrogen) atoms. The molecule has 1 fully saturated rings. The van der Waals surface area contributed by atoms with E-state index in [1.54, 1.807) is 18.2 Å². The zero-order chi connectivity index (χ0) is 27.5. The van der Waals surface area contributed by atoms with E-state index in [-0.39, 0.29) is 17.9 Å². The fourth-order valence-corrected chi connectivity index (χ4v) is 5.03. The van der Waals surface area contributed by atoms with Gasteiger partial charge in [-0.25, -0.2) is 0 Å². The molecule has 1 atom stereocenters. The van der Waals surface area contributed by atoms with Crippen LogP contribution >= 0.6 is 0 Å². The first-order valence-corrected chi connectivity index (χ1v) is 13.1. The minimum atomic E-state index is -0.825. The molecule has 6 rings (SSSR count). The Hall–Kier alpha value is -5.04. The van der Waals surface area contributed by atoms with Crippen molar-refractivity contribution in [1.82, 2.24) is 4.90 Å². The number of amides is 1. The van der Waals surface area contributed by atoms with Gasteiger partial charge < -0.3 is 24.2 Å². The summed E-state index contributed by atoms with van der Waals surface area (Å²) in [5, 5.41) is 11.5. The van der Waals surface area contributed by atoms with Crippen molar-refractivity contribution < 1.29 is 28.9 Å². The molecular formula is C33H27NO6. The second-order valence-electron chi connectivity index (χ2n) is 9.62. The van der Waals surface area contributed by atoms with E-state index < -0.39 is 17.7 Å². The third-order valence-corrected chi connectivity index (χ3v) is 6.97. The maximum atomic E-state index is 13.5. The van der Waals surface area contributed by atoms with E-state index in [2.05, 4.69) is 0 Å². The minimum absolute atomic E-state index is 0.0119. The van der Waals surface area contributed by atoms with Gasteiger partial charge in [-0.15, -0.1) is 0 Å². The predicted molar refractivity (Wildman–Crippen MR) is 149 cm³/mol. The number of benzene rings is 4. The van der Waals surface area contributed by atoms with Crippen LogP contribution in [0, 0.1) is 0 Å². The zero-order valence-corrected chi connectivity index (χ0v) is 21.7. The number of carbonyl (C=O) groups excluding carboxylic acids is 2. The van der Waals surface area contributed by atoms with Gasteiger partial charge in [0.25, 0.3) is 11.7 Å². The molecule has 4 aromatic rings. The number of ketones is 1. The summed E-state index contributed by atoms with van der Waals surface area (Å²) >= 11 is 0. The van der Waals surface area contributed by atoms with Crippen LogP contribution in [0.1, 0.15) is 28.3 Å². The first-order valence-electron chi connectivity index (χ1n) is 13.1. The van der Waals surface area contributed by atoms with E-state index in [4.69, 9.17) is 14.2 Å². The Morgan fingerprint density at radius 1 is 0.800 bits per heavy atom. The molecule has 1 saturated heterocycles. The van der Waals surface area contributed by atoms with E-state index in [1.165, 1.54) is 4.90 Å². The van der Waals surface area contributed by atoms with Crippen LogP contribution in [0.15, 0.2) is 109 Å². The van der Waals surface area contributed by atoms with Gasteiger partial charge in [0.15, 0.2) is 11.5 Å². The number of aliphatic hydroxyl groups is 1. The highest BCUT2D eigenvalue weighted by molar-refractivity contribution is 6.46. The molecule has 0 aromatic heterocycles. The smallest absolute Gasteiger partial charge is 0.295 e. The average molecular weight is 534 g/mol. The van der Waals surface area contributed by atoms with Gasteiger partial charge in [-0.2, -0.15) is 0 Å². The maximum absolute atomic E-state index is 13.5. The van der Waals surface area contributed by atoms with Gasteiger partial charge >= 0.3 is 0 Å². The normalized spacial score (nSPS) is 17.6. The van der Waals surface area contributed by atoms with Crippen LogP contribution in [0.25, 0.3) is 5.76 Å². The third-order valence-electron chi connectivity index (χ3n) is 6.97. The summed E-state index contributed by atoms with van der Waals surface area (Å²) in [5.74, 6) is -0.0706. The van der Waals surface area contributed by atoms with Crippen molar-refractivity contribution in [2.45, 2.75) is 19.2 Å². The number of aliphatic hydroxyl groups excluding tert-OH is 1. The highest BCUT2D eigenvalue weighted by atomic mass is 16.6. The standard InChI is InChI=1S/C33H27NO6/c35-31(25-14-15-27-28(19-25)39-17-16-38-27)29-30(34(33(37)32(29)36)20-22-8-3-1-4-9-22)24-12-7-13-26(18-24)40-21-23-10-5-2-6-11-23/h1-15,18-19,30,35H,16-17,20-21H2/t30-/m1/s1. The van der Waals surface area contributed by atoms with Gasteiger partial charge in [0.2, 0.25) is 0 Å². The summed E-state index contributed by atoms with van der Waals surface area (Å²) in [7, 11) is 0. The van der Waals surface area contributed by atoms with Crippen molar-refractivity contribution >= 4 is 17.4 Å². The molecule has 7 nitrogen and oxygen atoms in total. The molecule has 7 heteroatoms. The Bertz CT molecular complexity index is 1580. The number of Topliss-reactive ketones (excluding diaryl/α,β-unsaturated/α-hetero) is 1. The Labute approximate surface area is 231 Å². The number of ether oxygens (including phenoxy) is 3. The van der Waals surface area contributed by atoms with Crippen LogP contribution in [0.4, 0.5) is 0 Å². The summed E-state index contributed by atoms with van der Waals surface area (Å²) in [4.78, 5) is 28.4. The second-order valence-corrected chi connectivity index (χ2v) is 9.62. The van der Waals surface area contributed by atoms with Crippen LogP contribution in [0.2, 0.25) is 0 Å². The molecule has 0 radical (unpaired) electrons. The van der Waals surface area contributed by atoms with E-state index in [0.717, 1.165) is 11.1 Å². The molecule has 0 spiro atoms. The van der Waals surface area contributed by atoms with Crippen molar-refractivity contribution in [2.24, 2.45) is 0 Å². The highest BCUT2D eigenvalue weighted by Gasteiger charge is 2.46. The Morgan fingerprint density at radius 2 is 1.50 bits per heavy atom. The summed E-state index contributed by atoms with van der Waals surface area (Å²) in [6.07, 6.45) is 0. The van der Waals surface area contributed by atoms with E-state index in [1.807, 2.05) is 84.9 Å². The van der Waals surface area contributed by atoms with Crippen molar-refractivity contribution in [2.75, 3.05) is 13.2 Å². The molecule has 200 valence electrons. The minimum Gasteiger partial charge on any atom is -0.507 e. The Balaban J connectivity index is 1.41. The lowest BCUT2D eigenvalue weighted by Gasteiger charge is -2.26. The average Bonchev–Trinajstić information content (AvgIpc) is 3.25. The molecule has 1 amide bonds. The molecule has 0 bridgehead atoms. The van der Waals surface area contributed by atoms with Gasteiger partial charge in [0.05, 0.1) is 11.6 Å². The lowest BCUT2D eigenvalue weighted by atomic mass is 9.94. The molecule has 0 unspecified atom stereocenters. The molecule has 1 N–H and O–H groups in total. The molecule has 2 heterocycles. The quantitative estimate of drug-likeness (QED) is 0.188. The van der Waals surface area contributed by atoms with Gasteiger partial charge in [0.1, 0.15) is 31.3 Å². The Morgan fingerprint density at radius 3 is 2.25 bits per heavy atom. The second kappa shape index (κ2) is 11.0. The van der Waals surface area contributed by atoms with Crippen LogP contribution in [-0.4, -0.2) is 34.9 Å². The molecule has 2 aliphatic heterocycles. The zero-order valence-electron chi connectivity index (χ0n) is 21.7. The Kier molecular flexibility index (Phi) is 6.93. The monoisotopic (exact) mass is 533 g/mol. The van der Waals surface area contributed by atoms with E-state index in [0.29, 0.717) is 48.2 Å². The summed E-state index contributed by atoms with van der Waals surface area (Å²) in [5.41, 5.74) is 2.91. The molecule has 2 aliphatic rings. The number of fused-ring (bicyclic) bond motifs is 1. The van der Waals surface area contributed by atoms with Gasteiger partial charge in [-0.1, -0.05) is 72.8 Å². The highest BCUT2D eigenvalue weighted by Crippen LogP contribution is 2.42. The number of rotatable bonds is 7. The number of hydrogen-bond donors (Lipinski definition) is 1. The van der Waals surface area contributed by atoms with Crippen molar-refractivity contribution in [3.8, 4) is 17.2 Å². The largest absolute Gasteiger partial charge is 0.507 e. The van der Waals surface area contributed by atoms with Crippen molar-refractivity contribution in [3.05, 3.63) is 131 Å². The fourth-order valence-electron chi connectivity index (χ4n) is 5.03. The molecule has 0 aliphatic carbocycles. The maximum Gasteiger partial charge on any atom is 0.295 e. The van der Waals surface area contributed by atoms with Crippen LogP contribution in [0.3, 0.4) is 0 Å². The lowest BCUT2D eigenvalue weighted by molar-refractivity contribution is -0.140.